The van der Waals surface area contributed by atoms with Crippen LogP contribution in [0, 0.1) is 11.8 Å². The first-order valence-electron chi connectivity index (χ1n) is 12.2. The van der Waals surface area contributed by atoms with Gasteiger partial charge in [0, 0.05) is 17.3 Å². The highest BCUT2D eigenvalue weighted by molar-refractivity contribution is 8.02. The quantitative estimate of drug-likeness (QED) is 0.496. The number of thioether (sulfide) groups is 1. The highest BCUT2D eigenvalue weighted by atomic mass is 32.2. The molecule has 1 N–H and O–H groups in total. The maximum Gasteiger partial charge on any atom is 0.311 e. The third kappa shape index (κ3) is 3.73. The number of carbonyl (C=O) groups is 3. The minimum absolute atomic E-state index is 0.0324. The first kappa shape index (κ1) is 24.3. The van der Waals surface area contributed by atoms with E-state index in [-0.39, 0.29) is 30.4 Å². The van der Waals surface area contributed by atoms with E-state index >= 15 is 0 Å². The Morgan fingerprint density at radius 3 is 2.58 bits per heavy atom. The second-order valence-electron chi connectivity index (χ2n) is 10.0. The summed E-state index contributed by atoms with van der Waals surface area (Å²) in [5.74, 6) is -2.13. The van der Waals surface area contributed by atoms with Crippen LogP contribution in [0.3, 0.4) is 0 Å². The van der Waals surface area contributed by atoms with Crippen LogP contribution in [0.5, 0.6) is 0 Å². The van der Waals surface area contributed by atoms with Gasteiger partial charge in [0.15, 0.2) is 0 Å². The molecule has 6 atom stereocenters. The van der Waals surface area contributed by atoms with Crippen molar-refractivity contribution in [1.29, 1.82) is 0 Å². The molecular formula is C25H36N2O5S. The fourth-order valence-electron chi connectivity index (χ4n) is 6.03. The van der Waals surface area contributed by atoms with Crippen LogP contribution < -0.4 is 0 Å². The van der Waals surface area contributed by atoms with Crippen LogP contribution in [-0.2, 0) is 19.1 Å². The number of hydrogen-bond acceptors (Lipinski definition) is 6. The van der Waals surface area contributed by atoms with Crippen molar-refractivity contribution in [3.05, 3.63) is 24.3 Å². The van der Waals surface area contributed by atoms with Gasteiger partial charge in [-0.3, -0.25) is 14.4 Å². The topological polar surface area (TPSA) is 87.2 Å². The molecule has 0 saturated carbocycles. The first-order chi connectivity index (χ1) is 15.7. The number of nitrogens with zero attached hydrogens (tertiary/aromatic N) is 2. The number of likely N-dealkylation sites (tertiary alicyclic amines) is 1. The predicted molar refractivity (Wildman–Crippen MR) is 127 cm³/mol. The lowest BCUT2D eigenvalue weighted by atomic mass is 9.74. The zero-order chi connectivity index (χ0) is 24.0. The Labute approximate surface area is 200 Å². The van der Waals surface area contributed by atoms with E-state index in [1.807, 2.05) is 39.8 Å². The molecule has 4 aliphatic rings. The van der Waals surface area contributed by atoms with Gasteiger partial charge in [-0.25, -0.2) is 0 Å². The van der Waals surface area contributed by atoms with Gasteiger partial charge < -0.3 is 19.6 Å². The largest absolute Gasteiger partial charge is 0.465 e. The molecule has 7 nitrogen and oxygen atoms in total. The maximum absolute atomic E-state index is 14.1. The highest BCUT2D eigenvalue weighted by Gasteiger charge is 2.74. The number of hydrogen-bond donors (Lipinski definition) is 1. The lowest BCUT2D eigenvalue weighted by Gasteiger charge is -2.40. The molecule has 1 spiro atoms. The number of aliphatic hydroxyl groups excluding tert-OH is 1. The maximum atomic E-state index is 14.1. The molecule has 2 amide bonds. The fraction of sp³-hybridized carbons (Fsp3) is 0.720. The van der Waals surface area contributed by atoms with Crippen molar-refractivity contribution in [3.63, 3.8) is 0 Å². The van der Waals surface area contributed by atoms with Crippen LogP contribution in [0.25, 0.3) is 0 Å². The molecule has 0 radical (unpaired) electrons. The molecule has 0 aliphatic carbocycles. The Balaban J connectivity index is 1.90. The van der Waals surface area contributed by atoms with Gasteiger partial charge >= 0.3 is 5.97 Å². The van der Waals surface area contributed by atoms with Crippen molar-refractivity contribution >= 4 is 29.5 Å². The van der Waals surface area contributed by atoms with E-state index in [0.29, 0.717) is 19.6 Å². The number of aliphatic hydroxyl groups is 1. The van der Waals surface area contributed by atoms with Crippen molar-refractivity contribution in [2.24, 2.45) is 11.8 Å². The van der Waals surface area contributed by atoms with Crippen molar-refractivity contribution in [2.45, 2.75) is 81.0 Å². The van der Waals surface area contributed by atoms with Crippen molar-refractivity contribution in [2.75, 3.05) is 19.8 Å². The zero-order valence-corrected chi connectivity index (χ0v) is 20.8. The summed E-state index contributed by atoms with van der Waals surface area (Å²) in [4.78, 5) is 44.9. The van der Waals surface area contributed by atoms with Gasteiger partial charge in [-0.2, -0.15) is 0 Å². The minimum Gasteiger partial charge on any atom is -0.465 e. The van der Waals surface area contributed by atoms with Gasteiger partial charge in [0.2, 0.25) is 11.8 Å². The monoisotopic (exact) mass is 476 g/mol. The molecule has 0 aromatic rings. The molecule has 0 aromatic carbocycles. The summed E-state index contributed by atoms with van der Waals surface area (Å²) in [7, 11) is 0. The number of fused-ring (bicyclic) bond motifs is 2. The van der Waals surface area contributed by atoms with Gasteiger partial charge in [-0.05, 0) is 46.5 Å². The molecule has 2 saturated heterocycles. The summed E-state index contributed by atoms with van der Waals surface area (Å²) < 4.78 is 4.11. The number of amides is 2. The Morgan fingerprint density at radius 2 is 1.91 bits per heavy atom. The van der Waals surface area contributed by atoms with E-state index in [1.165, 1.54) is 0 Å². The second kappa shape index (κ2) is 9.10. The van der Waals surface area contributed by atoms with Crippen LogP contribution in [0.15, 0.2) is 24.3 Å². The van der Waals surface area contributed by atoms with Crippen molar-refractivity contribution in [1.82, 2.24) is 9.80 Å². The van der Waals surface area contributed by atoms with Gasteiger partial charge in [0.25, 0.3) is 0 Å². The average Bonchev–Trinajstić information content (AvgIpc) is 3.09. The number of rotatable bonds is 4. The number of allylic oxidation sites excluding steroid dienone is 1. The van der Waals surface area contributed by atoms with Crippen LogP contribution in [0.1, 0.15) is 53.4 Å². The van der Waals surface area contributed by atoms with E-state index < -0.39 is 33.4 Å². The third-order valence-corrected chi connectivity index (χ3v) is 9.46. The summed E-state index contributed by atoms with van der Waals surface area (Å²) in [5.41, 5.74) is 0. The fourth-order valence-corrected chi connectivity index (χ4v) is 8.17. The molecule has 182 valence electrons. The third-order valence-electron chi connectivity index (χ3n) is 7.67. The summed E-state index contributed by atoms with van der Waals surface area (Å²) in [5, 5.41) is 10.1. The predicted octanol–water partition coefficient (Wildman–Crippen LogP) is 2.53. The molecule has 1 unspecified atom stereocenters. The highest BCUT2D eigenvalue weighted by Crippen LogP contribution is 2.65. The average molecular weight is 477 g/mol. The molecule has 8 heteroatoms. The Kier molecular flexibility index (Phi) is 6.71. The standard InChI is InChI=1S/C25H36N2O5S/c1-5-17(15-28)27-20-22(30)26(16(2)3)13-10-12-25(20)18(21(27)29)19-23(31)32-14-9-7-6-8-11-24(19,4)33-25/h8,10-12,16-20,28H,5-7,9,13-15H2,1-4H3/b11-8-/t17-,18-,19+,20?,24-,25-/m0/s1. The van der Waals surface area contributed by atoms with Crippen LogP contribution in [0.4, 0.5) is 0 Å². The smallest absolute Gasteiger partial charge is 0.311 e. The summed E-state index contributed by atoms with van der Waals surface area (Å²) >= 11 is 1.55. The van der Waals surface area contributed by atoms with Gasteiger partial charge in [0.05, 0.1) is 35.8 Å². The number of carbonyl (C=O) groups excluding carboxylic acids is 3. The Bertz CT molecular complexity index is 869. The van der Waals surface area contributed by atoms with Crippen molar-refractivity contribution in [3.8, 4) is 0 Å². The lowest BCUT2D eigenvalue weighted by molar-refractivity contribution is -0.155. The number of cyclic esters (lactones) is 1. The second-order valence-corrected chi connectivity index (χ2v) is 11.8. The van der Waals surface area contributed by atoms with Gasteiger partial charge in [-0.1, -0.05) is 31.2 Å². The van der Waals surface area contributed by atoms with Gasteiger partial charge in [-0.15, -0.1) is 11.8 Å². The molecule has 0 aromatic heterocycles. The van der Waals surface area contributed by atoms with Crippen molar-refractivity contribution < 1.29 is 24.2 Å². The van der Waals surface area contributed by atoms with Gasteiger partial charge in [0.1, 0.15) is 6.04 Å². The molecular weight excluding hydrogens is 440 g/mol. The number of esters is 1. The molecule has 2 fully saturated rings. The molecule has 4 aliphatic heterocycles. The van der Waals surface area contributed by atoms with E-state index in [1.54, 1.807) is 21.6 Å². The van der Waals surface area contributed by atoms with Crippen LogP contribution in [0.2, 0.25) is 0 Å². The van der Waals surface area contributed by atoms with Crippen LogP contribution >= 0.6 is 11.8 Å². The zero-order valence-electron chi connectivity index (χ0n) is 20.0. The SMILES string of the molecule is CC[C@@H](CO)N1C(=O)[C@@H]2[C@@H]3C(=O)OCCCC/C=C\[C@]3(C)S[C@@]23C=CCN(C(C)C)C(=O)C13. The van der Waals surface area contributed by atoms with E-state index in [9.17, 15) is 19.5 Å². The Hall–Kier alpha value is -1.80. The Morgan fingerprint density at radius 1 is 1.15 bits per heavy atom. The van der Waals surface area contributed by atoms with E-state index in [2.05, 4.69) is 12.2 Å². The summed E-state index contributed by atoms with van der Waals surface area (Å²) in [6.07, 6.45) is 11.3. The molecule has 4 rings (SSSR count). The normalized spacial score (nSPS) is 38.5. The van der Waals surface area contributed by atoms with Crippen LogP contribution in [-0.4, -0.2) is 80.1 Å². The van der Waals surface area contributed by atoms with E-state index in [0.717, 1.165) is 19.3 Å². The summed E-state index contributed by atoms with van der Waals surface area (Å²) in [6, 6.07) is -1.28. The number of ether oxygens (including phenoxy) is 1. The minimum atomic E-state index is -0.892. The first-order valence-corrected chi connectivity index (χ1v) is 13.0. The molecule has 0 bridgehead atoms. The summed E-state index contributed by atoms with van der Waals surface area (Å²) in [6.45, 7) is 8.42. The molecule has 4 heterocycles. The van der Waals surface area contributed by atoms with E-state index in [4.69, 9.17) is 4.74 Å². The molecule has 33 heavy (non-hydrogen) atoms. The lowest BCUT2D eigenvalue weighted by Crippen LogP contribution is -2.57.